The zero-order valence-corrected chi connectivity index (χ0v) is 11.2. The van der Waals surface area contributed by atoms with Crippen molar-refractivity contribution in [2.75, 3.05) is 25.1 Å². The molecule has 5 heteroatoms. The molecule has 0 N–H and O–H groups in total. The molecule has 1 fully saturated rings. The number of aryl methyl sites for hydroxylation is 1. The summed E-state index contributed by atoms with van der Waals surface area (Å²) in [5.41, 5.74) is 2.49. The van der Waals surface area contributed by atoms with Crippen LogP contribution in [-0.2, 0) is 11.8 Å². The molecule has 2 aromatic rings. The molecule has 3 rings (SSSR count). The molecule has 1 aliphatic rings. The van der Waals surface area contributed by atoms with Crippen LogP contribution in [0.25, 0.3) is 10.9 Å². The van der Waals surface area contributed by atoms with Crippen LogP contribution in [-0.4, -0.2) is 35.9 Å². The van der Waals surface area contributed by atoms with Gasteiger partial charge in [-0.25, -0.2) is 4.79 Å². The van der Waals surface area contributed by atoms with Gasteiger partial charge in [0.05, 0.1) is 12.6 Å². The predicted octanol–water partition coefficient (Wildman–Crippen LogP) is 1.96. The van der Waals surface area contributed by atoms with E-state index >= 15 is 0 Å². The number of esters is 1. The highest BCUT2D eigenvalue weighted by Crippen LogP contribution is 2.27. The average Bonchev–Trinajstić information content (AvgIpc) is 3.06. The number of aromatic nitrogens is 2. The lowest BCUT2D eigenvalue weighted by Crippen LogP contribution is -2.17. The van der Waals surface area contributed by atoms with Crippen molar-refractivity contribution >= 4 is 22.6 Å². The van der Waals surface area contributed by atoms with Crippen molar-refractivity contribution in [1.82, 2.24) is 9.78 Å². The number of ether oxygens (including phenoxy) is 1. The van der Waals surface area contributed by atoms with Crippen molar-refractivity contribution in [1.29, 1.82) is 0 Å². The third-order valence-electron chi connectivity index (χ3n) is 3.68. The van der Waals surface area contributed by atoms with E-state index < -0.39 is 0 Å². The molecule has 5 nitrogen and oxygen atoms in total. The molecule has 0 amide bonds. The second-order valence-electron chi connectivity index (χ2n) is 4.86. The number of nitrogens with zero attached hydrogens (tertiary/aromatic N) is 3. The van der Waals surface area contributed by atoms with Gasteiger partial charge in [0.25, 0.3) is 0 Å². The molecule has 100 valence electrons. The normalized spacial score (nSPS) is 15.2. The van der Waals surface area contributed by atoms with Gasteiger partial charge in [-0.3, -0.25) is 4.68 Å². The lowest BCUT2D eigenvalue weighted by Gasteiger charge is -2.17. The minimum absolute atomic E-state index is 0.385. The third-order valence-corrected chi connectivity index (χ3v) is 3.68. The fourth-order valence-corrected chi connectivity index (χ4v) is 2.67. The summed E-state index contributed by atoms with van der Waals surface area (Å²) in [6.45, 7) is 2.17. The fraction of sp³-hybridized carbons (Fsp3) is 0.429. The molecule has 0 unspecified atom stereocenters. The number of anilines is 1. The lowest BCUT2D eigenvalue weighted by molar-refractivity contribution is 0.0595. The van der Waals surface area contributed by atoms with Crippen LogP contribution >= 0.6 is 0 Å². The van der Waals surface area contributed by atoms with Crippen LogP contribution in [0.2, 0.25) is 0 Å². The summed E-state index contributed by atoms with van der Waals surface area (Å²) in [6, 6.07) is 6.15. The summed E-state index contributed by atoms with van der Waals surface area (Å²) >= 11 is 0. The maximum absolute atomic E-state index is 11.8. The molecule has 0 bridgehead atoms. The summed E-state index contributed by atoms with van der Waals surface area (Å²) in [6.07, 6.45) is 2.46. The predicted molar refractivity (Wildman–Crippen MR) is 73.5 cm³/mol. The quantitative estimate of drug-likeness (QED) is 0.773. The van der Waals surface area contributed by atoms with E-state index in [0.29, 0.717) is 5.69 Å². The van der Waals surface area contributed by atoms with Gasteiger partial charge in [-0.1, -0.05) is 0 Å². The highest BCUT2D eigenvalue weighted by atomic mass is 16.5. The molecule has 2 heterocycles. The summed E-state index contributed by atoms with van der Waals surface area (Å²) in [5, 5.41) is 5.11. The zero-order chi connectivity index (χ0) is 13.4. The minimum atomic E-state index is -0.385. The van der Waals surface area contributed by atoms with Crippen molar-refractivity contribution in [2.45, 2.75) is 12.8 Å². The van der Waals surface area contributed by atoms with Crippen molar-refractivity contribution in [3.8, 4) is 0 Å². The fourth-order valence-electron chi connectivity index (χ4n) is 2.67. The Morgan fingerprint density at radius 2 is 2.05 bits per heavy atom. The van der Waals surface area contributed by atoms with Crippen LogP contribution < -0.4 is 4.90 Å². The van der Waals surface area contributed by atoms with E-state index in [9.17, 15) is 4.79 Å². The van der Waals surface area contributed by atoms with Crippen molar-refractivity contribution in [2.24, 2.45) is 7.05 Å². The minimum Gasteiger partial charge on any atom is -0.464 e. The van der Waals surface area contributed by atoms with Gasteiger partial charge in [0, 0.05) is 31.2 Å². The lowest BCUT2D eigenvalue weighted by atomic mass is 10.1. The maximum atomic E-state index is 11.8. The molecular weight excluding hydrogens is 242 g/mol. The Morgan fingerprint density at radius 1 is 1.32 bits per heavy atom. The van der Waals surface area contributed by atoms with Gasteiger partial charge in [-0.2, -0.15) is 5.10 Å². The average molecular weight is 259 g/mol. The molecule has 0 atom stereocenters. The second kappa shape index (κ2) is 4.57. The molecule has 0 radical (unpaired) electrons. The van der Waals surface area contributed by atoms with Crippen molar-refractivity contribution in [3.63, 3.8) is 0 Å². The Bertz CT molecular complexity index is 627. The largest absolute Gasteiger partial charge is 0.464 e. The first kappa shape index (κ1) is 12.0. The molecular formula is C14H17N3O2. The first-order chi connectivity index (χ1) is 9.20. The van der Waals surface area contributed by atoms with Gasteiger partial charge >= 0.3 is 5.97 Å². The van der Waals surface area contributed by atoms with E-state index in [1.807, 2.05) is 19.2 Å². The number of methoxy groups -OCH3 is 1. The zero-order valence-electron chi connectivity index (χ0n) is 11.2. The van der Waals surface area contributed by atoms with E-state index in [0.717, 1.165) is 29.7 Å². The van der Waals surface area contributed by atoms with Gasteiger partial charge in [0.15, 0.2) is 5.69 Å². The smallest absolute Gasteiger partial charge is 0.359 e. The van der Waals surface area contributed by atoms with Crippen molar-refractivity contribution < 1.29 is 9.53 Å². The highest BCUT2D eigenvalue weighted by Gasteiger charge is 2.19. The van der Waals surface area contributed by atoms with E-state index in [1.54, 1.807) is 4.68 Å². The molecule has 0 saturated carbocycles. The Morgan fingerprint density at radius 3 is 2.74 bits per heavy atom. The van der Waals surface area contributed by atoms with Crippen LogP contribution in [0.1, 0.15) is 23.3 Å². The van der Waals surface area contributed by atoms with Gasteiger partial charge in [-0.15, -0.1) is 0 Å². The molecule has 1 aromatic carbocycles. The first-order valence-electron chi connectivity index (χ1n) is 6.51. The van der Waals surface area contributed by atoms with Crippen LogP contribution in [0.3, 0.4) is 0 Å². The summed E-state index contributed by atoms with van der Waals surface area (Å²) in [4.78, 5) is 14.1. The first-order valence-corrected chi connectivity index (χ1v) is 6.51. The SMILES string of the molecule is COC(=O)c1nn(C)c2ccc(N3CCCC3)cc12. The molecule has 1 saturated heterocycles. The monoisotopic (exact) mass is 259 g/mol. The molecule has 19 heavy (non-hydrogen) atoms. The number of hydrogen-bond acceptors (Lipinski definition) is 4. The Hall–Kier alpha value is -2.04. The topological polar surface area (TPSA) is 47.4 Å². The van der Waals surface area contributed by atoms with Crippen LogP contribution in [0.15, 0.2) is 18.2 Å². The number of benzene rings is 1. The Balaban J connectivity index is 2.12. The third kappa shape index (κ3) is 1.95. The number of fused-ring (bicyclic) bond motifs is 1. The molecule has 1 aromatic heterocycles. The van der Waals surface area contributed by atoms with Gasteiger partial charge < -0.3 is 9.64 Å². The number of hydrogen-bond donors (Lipinski definition) is 0. The van der Waals surface area contributed by atoms with Gasteiger partial charge in [-0.05, 0) is 31.0 Å². The molecule has 0 aliphatic carbocycles. The highest BCUT2D eigenvalue weighted by molar-refractivity contribution is 6.03. The summed E-state index contributed by atoms with van der Waals surface area (Å²) < 4.78 is 6.51. The van der Waals surface area contributed by atoms with Crippen LogP contribution in [0, 0.1) is 0 Å². The van der Waals surface area contributed by atoms with E-state index in [2.05, 4.69) is 16.1 Å². The van der Waals surface area contributed by atoms with Crippen molar-refractivity contribution in [3.05, 3.63) is 23.9 Å². The maximum Gasteiger partial charge on any atom is 0.359 e. The summed E-state index contributed by atoms with van der Waals surface area (Å²) in [7, 11) is 3.22. The number of rotatable bonds is 2. The van der Waals surface area contributed by atoms with Crippen LogP contribution in [0.4, 0.5) is 5.69 Å². The van der Waals surface area contributed by atoms with E-state index in [-0.39, 0.29) is 5.97 Å². The Kier molecular flexibility index (Phi) is 2.89. The van der Waals surface area contributed by atoms with Gasteiger partial charge in [0.1, 0.15) is 0 Å². The second-order valence-corrected chi connectivity index (χ2v) is 4.86. The summed E-state index contributed by atoms with van der Waals surface area (Å²) in [5.74, 6) is -0.385. The molecule has 1 aliphatic heterocycles. The van der Waals surface area contributed by atoms with Crippen LogP contribution in [0.5, 0.6) is 0 Å². The number of carbonyl (C=O) groups excluding carboxylic acids is 1. The Labute approximate surface area is 111 Å². The standard InChI is InChI=1S/C14H17N3O2/c1-16-12-6-5-10(17-7-3-4-8-17)9-11(12)13(15-16)14(18)19-2/h5-6,9H,3-4,7-8H2,1-2H3. The van der Waals surface area contributed by atoms with Gasteiger partial charge in [0.2, 0.25) is 0 Å². The number of carbonyl (C=O) groups is 1. The van der Waals surface area contributed by atoms with E-state index in [1.165, 1.54) is 20.0 Å². The molecule has 0 spiro atoms. The van der Waals surface area contributed by atoms with E-state index in [4.69, 9.17) is 4.74 Å².